The molecule has 0 radical (unpaired) electrons. The average Bonchev–Trinajstić information content (AvgIpc) is 3.09. The molecule has 0 N–H and O–H groups in total. The number of fused-ring (bicyclic) bond motifs is 1. The third-order valence-corrected chi connectivity index (χ3v) is 3.87. The van der Waals surface area contributed by atoms with Gasteiger partial charge in [0.2, 0.25) is 0 Å². The fraction of sp³-hybridized carbons (Fsp3) is 0.533. The third kappa shape index (κ3) is 2.09. The lowest BCUT2D eigenvalue weighted by molar-refractivity contribution is -0.116. The van der Waals surface area contributed by atoms with Gasteiger partial charge in [0.15, 0.2) is 11.5 Å². The number of carbonyl (C=O) groups excluding carboxylic acids is 1. The van der Waals surface area contributed by atoms with Crippen molar-refractivity contribution in [3.05, 3.63) is 23.3 Å². The van der Waals surface area contributed by atoms with Crippen molar-refractivity contribution in [2.24, 2.45) is 5.41 Å². The van der Waals surface area contributed by atoms with Gasteiger partial charge in [0.25, 0.3) is 0 Å². The topological polar surface area (TPSA) is 35.5 Å². The number of aryl methyl sites for hydroxylation is 1. The largest absolute Gasteiger partial charge is 0.489 e. The molecule has 1 fully saturated rings. The first-order valence-electron chi connectivity index (χ1n) is 6.47. The summed E-state index contributed by atoms with van der Waals surface area (Å²) in [5.41, 5.74) is 2.39. The number of ketones is 1. The van der Waals surface area contributed by atoms with Crippen LogP contribution in [0.1, 0.15) is 30.9 Å². The van der Waals surface area contributed by atoms with E-state index in [9.17, 15) is 4.79 Å². The number of carbonyl (C=O) groups is 1. The molecule has 18 heavy (non-hydrogen) atoms. The van der Waals surface area contributed by atoms with Crippen LogP contribution < -0.4 is 9.47 Å². The maximum atomic E-state index is 11.2. The zero-order chi connectivity index (χ0) is 12.8. The van der Waals surface area contributed by atoms with Crippen LogP contribution in [0.5, 0.6) is 11.5 Å². The molecule has 3 nitrogen and oxygen atoms in total. The Labute approximate surface area is 107 Å². The molecule has 0 bridgehead atoms. The molecular weight excluding hydrogens is 228 g/mol. The van der Waals surface area contributed by atoms with E-state index >= 15 is 0 Å². The molecule has 1 saturated carbocycles. The summed E-state index contributed by atoms with van der Waals surface area (Å²) in [5.74, 6) is 1.79. The molecule has 3 heteroatoms. The van der Waals surface area contributed by atoms with Crippen LogP contribution in [-0.4, -0.2) is 19.0 Å². The summed E-state index contributed by atoms with van der Waals surface area (Å²) < 4.78 is 11.7. The zero-order valence-electron chi connectivity index (χ0n) is 10.9. The molecule has 1 heterocycles. The standard InChI is InChI=1S/C15H18O3/c1-10-5-13-14(7-12(10)6-11(2)16)18-9-15(3-4-15)8-17-13/h5,7H,3-4,6,8-9H2,1-2H3. The van der Waals surface area contributed by atoms with E-state index in [1.54, 1.807) is 6.92 Å². The van der Waals surface area contributed by atoms with Crippen molar-refractivity contribution in [1.82, 2.24) is 0 Å². The van der Waals surface area contributed by atoms with Crippen LogP contribution >= 0.6 is 0 Å². The van der Waals surface area contributed by atoms with Crippen LogP contribution in [0.15, 0.2) is 12.1 Å². The van der Waals surface area contributed by atoms with E-state index in [-0.39, 0.29) is 11.2 Å². The molecule has 1 aromatic rings. The highest BCUT2D eigenvalue weighted by molar-refractivity contribution is 5.78. The van der Waals surface area contributed by atoms with Gasteiger partial charge in [-0.1, -0.05) is 0 Å². The number of hydrogen-bond acceptors (Lipinski definition) is 3. The van der Waals surface area contributed by atoms with Gasteiger partial charge in [0.1, 0.15) is 5.78 Å². The van der Waals surface area contributed by atoms with Gasteiger partial charge in [0, 0.05) is 11.8 Å². The second-order valence-corrected chi connectivity index (χ2v) is 5.68. The predicted molar refractivity (Wildman–Crippen MR) is 68.2 cm³/mol. The Morgan fingerprint density at radius 2 is 1.83 bits per heavy atom. The quantitative estimate of drug-likeness (QED) is 0.804. The normalized spacial score (nSPS) is 19.4. The van der Waals surface area contributed by atoms with Crippen molar-refractivity contribution in [3.63, 3.8) is 0 Å². The van der Waals surface area contributed by atoms with Crippen LogP contribution in [0.25, 0.3) is 0 Å². The van der Waals surface area contributed by atoms with Gasteiger partial charge in [0.05, 0.1) is 13.2 Å². The van der Waals surface area contributed by atoms with E-state index in [1.807, 2.05) is 19.1 Å². The summed E-state index contributed by atoms with van der Waals surface area (Å²) in [6.07, 6.45) is 2.86. The molecule has 0 unspecified atom stereocenters. The van der Waals surface area contributed by atoms with E-state index in [4.69, 9.17) is 9.47 Å². The molecule has 3 rings (SSSR count). The molecule has 0 aromatic heterocycles. The molecule has 0 amide bonds. The third-order valence-electron chi connectivity index (χ3n) is 3.87. The number of rotatable bonds is 2. The van der Waals surface area contributed by atoms with Crippen molar-refractivity contribution in [1.29, 1.82) is 0 Å². The second-order valence-electron chi connectivity index (χ2n) is 5.68. The minimum atomic E-state index is 0.172. The summed E-state index contributed by atoms with van der Waals surface area (Å²) >= 11 is 0. The van der Waals surface area contributed by atoms with E-state index in [0.717, 1.165) is 35.8 Å². The zero-order valence-corrected chi connectivity index (χ0v) is 10.9. The smallest absolute Gasteiger partial charge is 0.161 e. The lowest BCUT2D eigenvalue weighted by Gasteiger charge is -2.11. The molecule has 1 aliphatic carbocycles. The van der Waals surface area contributed by atoms with Gasteiger partial charge in [-0.25, -0.2) is 0 Å². The molecule has 1 spiro atoms. The first-order valence-corrected chi connectivity index (χ1v) is 6.47. The minimum absolute atomic E-state index is 0.172. The van der Waals surface area contributed by atoms with Gasteiger partial charge >= 0.3 is 0 Å². The van der Waals surface area contributed by atoms with E-state index in [1.165, 1.54) is 12.8 Å². The number of Topliss-reactive ketones (excluding diaryl/α,β-unsaturated/α-hetero) is 1. The SMILES string of the molecule is CC(=O)Cc1cc2c(cc1C)OCC1(CC1)CO2. The molecule has 2 aliphatic rings. The summed E-state index contributed by atoms with van der Waals surface area (Å²) in [7, 11) is 0. The first-order chi connectivity index (χ1) is 8.58. The van der Waals surface area contributed by atoms with Crippen molar-refractivity contribution >= 4 is 5.78 Å². The lowest BCUT2D eigenvalue weighted by atomic mass is 10.0. The maximum absolute atomic E-state index is 11.2. The van der Waals surface area contributed by atoms with Crippen LogP contribution in [0.4, 0.5) is 0 Å². The first kappa shape index (κ1) is 11.6. The molecule has 1 aliphatic heterocycles. The Kier molecular flexibility index (Phi) is 2.58. The Hall–Kier alpha value is -1.51. The molecule has 1 aromatic carbocycles. The van der Waals surface area contributed by atoms with Gasteiger partial charge in [-0.3, -0.25) is 4.79 Å². The summed E-state index contributed by atoms with van der Waals surface area (Å²) in [6.45, 7) is 5.12. The van der Waals surface area contributed by atoms with Gasteiger partial charge < -0.3 is 9.47 Å². The van der Waals surface area contributed by atoms with Crippen molar-refractivity contribution in [2.45, 2.75) is 33.1 Å². The Morgan fingerprint density at radius 1 is 1.22 bits per heavy atom. The molecule has 0 atom stereocenters. The highest BCUT2D eigenvalue weighted by atomic mass is 16.5. The van der Waals surface area contributed by atoms with Crippen LogP contribution in [0.2, 0.25) is 0 Å². The van der Waals surface area contributed by atoms with Gasteiger partial charge in [-0.2, -0.15) is 0 Å². The van der Waals surface area contributed by atoms with Crippen LogP contribution in [-0.2, 0) is 11.2 Å². The minimum Gasteiger partial charge on any atom is -0.489 e. The van der Waals surface area contributed by atoms with Crippen molar-refractivity contribution in [3.8, 4) is 11.5 Å². The van der Waals surface area contributed by atoms with Crippen LogP contribution in [0, 0.1) is 12.3 Å². The molecule has 96 valence electrons. The maximum Gasteiger partial charge on any atom is 0.161 e. The summed E-state index contributed by atoms with van der Waals surface area (Å²) in [5, 5.41) is 0. The predicted octanol–water partition coefficient (Wildman–Crippen LogP) is 2.68. The van der Waals surface area contributed by atoms with Gasteiger partial charge in [-0.15, -0.1) is 0 Å². The fourth-order valence-electron chi connectivity index (χ4n) is 2.36. The lowest BCUT2D eigenvalue weighted by Crippen LogP contribution is -2.17. The van der Waals surface area contributed by atoms with Crippen molar-refractivity contribution in [2.75, 3.05) is 13.2 Å². The van der Waals surface area contributed by atoms with E-state index in [0.29, 0.717) is 6.42 Å². The van der Waals surface area contributed by atoms with E-state index in [2.05, 4.69) is 0 Å². The Bertz CT molecular complexity index is 501. The van der Waals surface area contributed by atoms with Crippen molar-refractivity contribution < 1.29 is 14.3 Å². The number of ether oxygens (including phenoxy) is 2. The monoisotopic (exact) mass is 246 g/mol. The summed E-state index contributed by atoms with van der Waals surface area (Å²) in [6, 6.07) is 3.96. The Balaban J connectivity index is 1.90. The van der Waals surface area contributed by atoms with E-state index < -0.39 is 0 Å². The molecular formula is C15H18O3. The fourth-order valence-corrected chi connectivity index (χ4v) is 2.36. The number of hydrogen-bond donors (Lipinski definition) is 0. The summed E-state index contributed by atoms with van der Waals surface area (Å²) in [4.78, 5) is 11.2. The molecule has 0 saturated heterocycles. The Morgan fingerprint density at radius 3 is 2.39 bits per heavy atom. The highest BCUT2D eigenvalue weighted by Gasteiger charge is 2.46. The van der Waals surface area contributed by atoms with Crippen LogP contribution in [0.3, 0.4) is 0 Å². The average molecular weight is 246 g/mol. The highest BCUT2D eigenvalue weighted by Crippen LogP contribution is 2.49. The number of benzene rings is 1. The second kappa shape index (κ2) is 4.01. The van der Waals surface area contributed by atoms with Gasteiger partial charge in [-0.05, 0) is 49.9 Å².